The van der Waals surface area contributed by atoms with E-state index in [4.69, 9.17) is 0 Å². The van der Waals surface area contributed by atoms with Gasteiger partial charge in [-0.2, -0.15) is 0 Å². The summed E-state index contributed by atoms with van der Waals surface area (Å²) in [4.78, 5) is 8.55. The summed E-state index contributed by atoms with van der Waals surface area (Å²) in [5, 5.41) is 0. The third-order valence-electron chi connectivity index (χ3n) is 1.74. The third kappa shape index (κ3) is 1.18. The second kappa shape index (κ2) is 2.97. The van der Waals surface area contributed by atoms with Crippen molar-refractivity contribution in [1.82, 2.24) is 9.97 Å². The van der Waals surface area contributed by atoms with Crippen LogP contribution < -0.4 is 0 Å². The summed E-state index contributed by atoms with van der Waals surface area (Å²) in [6.07, 6.45) is 3.68. The van der Waals surface area contributed by atoms with Crippen molar-refractivity contribution in [1.29, 1.82) is 0 Å². The highest BCUT2D eigenvalue weighted by Crippen LogP contribution is 2.18. The van der Waals surface area contributed by atoms with Crippen LogP contribution in [0.5, 0.6) is 0 Å². The second-order valence-corrected chi connectivity index (χ2v) is 3.71. The van der Waals surface area contributed by atoms with Gasteiger partial charge in [-0.3, -0.25) is 9.97 Å². The van der Waals surface area contributed by atoms with Gasteiger partial charge in [0.2, 0.25) is 0 Å². The van der Waals surface area contributed by atoms with Gasteiger partial charge in [-0.15, -0.1) is 0 Å². The van der Waals surface area contributed by atoms with Crippen molar-refractivity contribution in [2.24, 2.45) is 0 Å². The summed E-state index contributed by atoms with van der Waals surface area (Å²) in [6.45, 7) is 2.04. The number of aromatic nitrogens is 2. The molecular weight excluding hydrogens is 263 g/mol. The Morgan fingerprint density at radius 1 is 1.33 bits per heavy atom. The van der Waals surface area contributed by atoms with Gasteiger partial charge in [-0.05, 0) is 47.2 Å². The average molecular weight is 270 g/mol. The van der Waals surface area contributed by atoms with E-state index in [0.717, 1.165) is 11.0 Å². The maximum absolute atomic E-state index is 4.27. The molecule has 2 heterocycles. The van der Waals surface area contributed by atoms with Crippen molar-refractivity contribution in [2.45, 2.75) is 6.92 Å². The molecule has 3 heteroatoms. The molecule has 0 aliphatic heterocycles. The Hall–Kier alpha value is -0.710. The Morgan fingerprint density at radius 3 is 3.00 bits per heavy atom. The number of hydrogen-bond acceptors (Lipinski definition) is 2. The second-order valence-electron chi connectivity index (χ2n) is 2.63. The zero-order valence-electron chi connectivity index (χ0n) is 6.58. The van der Waals surface area contributed by atoms with Gasteiger partial charge >= 0.3 is 0 Å². The van der Waals surface area contributed by atoms with Crippen molar-refractivity contribution in [3.63, 3.8) is 0 Å². The summed E-state index contributed by atoms with van der Waals surface area (Å²) in [5.74, 6) is 0. The van der Waals surface area contributed by atoms with E-state index < -0.39 is 0 Å². The number of aryl methyl sites for hydroxylation is 1. The van der Waals surface area contributed by atoms with Crippen LogP contribution in [0.25, 0.3) is 11.0 Å². The molecule has 60 valence electrons. The summed E-state index contributed by atoms with van der Waals surface area (Å²) >= 11 is 2.30. The van der Waals surface area contributed by atoms with Gasteiger partial charge in [0.15, 0.2) is 0 Å². The van der Waals surface area contributed by atoms with E-state index >= 15 is 0 Å². The highest BCUT2D eigenvalue weighted by Gasteiger charge is 2.01. The monoisotopic (exact) mass is 270 g/mol. The summed E-state index contributed by atoms with van der Waals surface area (Å²) < 4.78 is 1.19. The molecule has 2 nitrogen and oxygen atoms in total. The van der Waals surface area contributed by atoms with E-state index in [1.807, 2.05) is 25.3 Å². The largest absolute Gasteiger partial charge is 0.254 e. The van der Waals surface area contributed by atoms with Gasteiger partial charge in [0.1, 0.15) is 5.52 Å². The normalized spacial score (nSPS) is 10.5. The van der Waals surface area contributed by atoms with E-state index in [9.17, 15) is 0 Å². The standard InChI is InChI=1S/C9H7IN2/c1-6-5-12-7-3-2-4-11-9(7)8(6)10/h2-5H,1H3. The molecule has 0 unspecified atom stereocenters. The first-order chi connectivity index (χ1) is 5.79. The van der Waals surface area contributed by atoms with Gasteiger partial charge in [0.25, 0.3) is 0 Å². The predicted octanol–water partition coefficient (Wildman–Crippen LogP) is 2.54. The van der Waals surface area contributed by atoms with E-state index in [2.05, 4.69) is 32.6 Å². The van der Waals surface area contributed by atoms with Gasteiger partial charge in [-0.25, -0.2) is 0 Å². The van der Waals surface area contributed by atoms with Gasteiger partial charge in [0.05, 0.1) is 5.52 Å². The van der Waals surface area contributed by atoms with E-state index in [1.165, 1.54) is 9.13 Å². The van der Waals surface area contributed by atoms with Gasteiger partial charge in [0, 0.05) is 16.0 Å². The molecule has 12 heavy (non-hydrogen) atoms. The van der Waals surface area contributed by atoms with Crippen LogP contribution in [0, 0.1) is 10.5 Å². The molecule has 0 aliphatic rings. The molecule has 0 aliphatic carbocycles. The Morgan fingerprint density at radius 2 is 2.17 bits per heavy atom. The lowest BCUT2D eigenvalue weighted by Gasteiger charge is -2.00. The Kier molecular flexibility index (Phi) is 1.96. The van der Waals surface area contributed by atoms with Crippen molar-refractivity contribution in [3.8, 4) is 0 Å². The minimum Gasteiger partial charge on any atom is -0.254 e. The van der Waals surface area contributed by atoms with Crippen LogP contribution in [0.2, 0.25) is 0 Å². The molecule has 0 fully saturated rings. The number of pyridine rings is 2. The van der Waals surface area contributed by atoms with E-state index in [-0.39, 0.29) is 0 Å². The lowest BCUT2D eigenvalue weighted by Crippen LogP contribution is -1.88. The molecular formula is C9H7IN2. The van der Waals surface area contributed by atoms with Gasteiger partial charge in [-0.1, -0.05) is 0 Å². The lowest BCUT2D eigenvalue weighted by molar-refractivity contribution is 1.27. The molecule has 2 aromatic heterocycles. The molecule has 2 rings (SSSR count). The van der Waals surface area contributed by atoms with Crippen LogP contribution in [-0.2, 0) is 0 Å². The molecule has 0 aromatic carbocycles. The quantitative estimate of drug-likeness (QED) is 0.687. The highest BCUT2D eigenvalue weighted by molar-refractivity contribution is 14.1. The Labute approximate surface area is 84.2 Å². The first kappa shape index (κ1) is 7.91. The molecule has 0 N–H and O–H groups in total. The summed E-state index contributed by atoms with van der Waals surface area (Å²) in [5.41, 5.74) is 3.15. The minimum absolute atomic E-state index is 0.965. The Balaban J connectivity index is 2.91. The zero-order valence-corrected chi connectivity index (χ0v) is 8.74. The molecule has 0 bridgehead atoms. The highest BCUT2D eigenvalue weighted by atomic mass is 127. The Bertz CT molecular complexity index is 426. The number of halogens is 1. The molecule has 2 aromatic rings. The number of fused-ring (bicyclic) bond motifs is 1. The SMILES string of the molecule is Cc1cnc2cccnc2c1I. The smallest absolute Gasteiger partial charge is 0.102 e. The summed E-state index contributed by atoms with van der Waals surface area (Å²) in [7, 11) is 0. The van der Waals surface area contributed by atoms with Crippen LogP contribution >= 0.6 is 22.6 Å². The molecule has 0 saturated carbocycles. The predicted molar refractivity (Wildman–Crippen MR) is 57.0 cm³/mol. The molecule has 0 amide bonds. The van der Waals surface area contributed by atoms with E-state index in [0.29, 0.717) is 0 Å². The fourth-order valence-corrected chi connectivity index (χ4v) is 1.63. The maximum Gasteiger partial charge on any atom is 0.102 e. The number of nitrogens with zero attached hydrogens (tertiary/aromatic N) is 2. The lowest BCUT2D eigenvalue weighted by atomic mass is 10.2. The van der Waals surface area contributed by atoms with Crippen LogP contribution in [0.3, 0.4) is 0 Å². The zero-order chi connectivity index (χ0) is 8.55. The van der Waals surface area contributed by atoms with Gasteiger partial charge < -0.3 is 0 Å². The minimum atomic E-state index is 0.965. The number of rotatable bonds is 0. The van der Waals surface area contributed by atoms with Crippen LogP contribution in [0.4, 0.5) is 0 Å². The average Bonchev–Trinajstić information content (AvgIpc) is 2.12. The maximum atomic E-state index is 4.27. The van der Waals surface area contributed by atoms with Crippen molar-refractivity contribution in [3.05, 3.63) is 33.7 Å². The van der Waals surface area contributed by atoms with E-state index in [1.54, 1.807) is 6.20 Å². The third-order valence-corrected chi connectivity index (χ3v) is 3.10. The van der Waals surface area contributed by atoms with Crippen molar-refractivity contribution in [2.75, 3.05) is 0 Å². The molecule has 0 atom stereocenters. The fraction of sp³-hybridized carbons (Fsp3) is 0.111. The molecule has 0 saturated heterocycles. The molecule has 0 radical (unpaired) electrons. The first-order valence-electron chi connectivity index (χ1n) is 3.65. The summed E-state index contributed by atoms with van der Waals surface area (Å²) in [6, 6.07) is 3.88. The topological polar surface area (TPSA) is 25.8 Å². The molecule has 0 spiro atoms. The number of hydrogen-bond donors (Lipinski definition) is 0. The van der Waals surface area contributed by atoms with Crippen molar-refractivity contribution < 1.29 is 0 Å². The van der Waals surface area contributed by atoms with Crippen molar-refractivity contribution >= 4 is 33.6 Å². The first-order valence-corrected chi connectivity index (χ1v) is 4.73. The fourth-order valence-electron chi connectivity index (χ4n) is 1.08. The van der Waals surface area contributed by atoms with Crippen LogP contribution in [0.15, 0.2) is 24.5 Å². The van der Waals surface area contributed by atoms with Crippen LogP contribution in [-0.4, -0.2) is 9.97 Å². The van der Waals surface area contributed by atoms with Crippen LogP contribution in [0.1, 0.15) is 5.56 Å².